The highest BCUT2D eigenvalue weighted by atomic mass is 79.9. The second kappa shape index (κ2) is 13.0. The summed E-state index contributed by atoms with van der Waals surface area (Å²) in [6, 6.07) is 8.81. The van der Waals surface area contributed by atoms with E-state index in [0.29, 0.717) is 54.6 Å². The summed E-state index contributed by atoms with van der Waals surface area (Å²) in [5, 5.41) is 9.79. The number of benzene rings is 2. The molecule has 0 bridgehead atoms. The van der Waals surface area contributed by atoms with Crippen molar-refractivity contribution < 1.29 is 24.2 Å². The van der Waals surface area contributed by atoms with Gasteiger partial charge in [0.1, 0.15) is 10.9 Å². The van der Waals surface area contributed by atoms with Crippen LogP contribution in [0, 0.1) is 0 Å². The lowest BCUT2D eigenvalue weighted by Crippen LogP contribution is -2.29. The van der Waals surface area contributed by atoms with Crippen LogP contribution >= 0.6 is 63.1 Å². The van der Waals surface area contributed by atoms with E-state index < -0.39 is 5.97 Å². The molecule has 1 fully saturated rings. The van der Waals surface area contributed by atoms with Gasteiger partial charge in [-0.3, -0.25) is 14.5 Å². The highest BCUT2D eigenvalue weighted by molar-refractivity contribution is 9.10. The Hall–Kier alpha value is -1.78. The molecule has 1 heterocycles. The Labute approximate surface area is 231 Å². The lowest BCUT2D eigenvalue weighted by Gasteiger charge is -2.15. The maximum atomic E-state index is 12.9. The van der Waals surface area contributed by atoms with Crippen LogP contribution in [-0.4, -0.2) is 39.9 Å². The molecule has 0 spiro atoms. The molecule has 3 rings (SSSR count). The third kappa shape index (κ3) is 7.60. The number of nitrogens with zero attached hydrogens (tertiary/aromatic N) is 1. The van der Waals surface area contributed by atoms with Gasteiger partial charge in [0.05, 0.1) is 16.5 Å². The first kappa shape index (κ1) is 27.8. The van der Waals surface area contributed by atoms with Gasteiger partial charge in [0.2, 0.25) is 0 Å². The van der Waals surface area contributed by atoms with Crippen LogP contribution in [0.15, 0.2) is 39.7 Å². The summed E-state index contributed by atoms with van der Waals surface area (Å²) in [5.74, 6) is 0.0190. The molecule has 1 N–H and O–H groups in total. The van der Waals surface area contributed by atoms with Crippen molar-refractivity contribution in [1.29, 1.82) is 0 Å². The first-order valence-electron chi connectivity index (χ1n) is 10.6. The Balaban J connectivity index is 1.70. The lowest BCUT2D eigenvalue weighted by molar-refractivity contribution is -0.137. The number of hydrogen-bond acceptors (Lipinski definition) is 6. The van der Waals surface area contributed by atoms with Crippen LogP contribution in [0.4, 0.5) is 0 Å². The second-order valence-corrected chi connectivity index (χ2v) is 11.0. The van der Waals surface area contributed by atoms with E-state index in [0.717, 1.165) is 17.5 Å². The largest absolute Gasteiger partial charge is 0.493 e. The zero-order chi connectivity index (χ0) is 25.5. The maximum absolute atomic E-state index is 12.9. The van der Waals surface area contributed by atoms with Gasteiger partial charge in [0.15, 0.2) is 11.5 Å². The molecule has 2 aromatic carbocycles. The average Bonchev–Trinajstić information content (AvgIpc) is 3.05. The minimum atomic E-state index is -0.815. The smallest absolute Gasteiger partial charge is 0.303 e. The summed E-state index contributed by atoms with van der Waals surface area (Å²) in [5.41, 5.74) is 1.52. The van der Waals surface area contributed by atoms with Gasteiger partial charge in [-0.1, -0.05) is 59.7 Å². The van der Waals surface area contributed by atoms with Gasteiger partial charge in [-0.2, -0.15) is 0 Å². The van der Waals surface area contributed by atoms with Crippen LogP contribution < -0.4 is 9.47 Å². The minimum absolute atomic E-state index is 0.126. The quantitative estimate of drug-likeness (QED) is 0.162. The molecule has 0 atom stereocenters. The Morgan fingerprint density at radius 3 is 2.69 bits per heavy atom. The van der Waals surface area contributed by atoms with Gasteiger partial charge in [0.25, 0.3) is 5.91 Å². The third-order valence-corrected chi connectivity index (χ3v) is 7.64. The van der Waals surface area contributed by atoms with Crippen molar-refractivity contribution in [2.24, 2.45) is 0 Å². The van der Waals surface area contributed by atoms with E-state index in [1.54, 1.807) is 35.2 Å². The highest BCUT2D eigenvalue weighted by Gasteiger charge is 2.31. The average molecular weight is 619 g/mol. The molecule has 1 saturated heterocycles. The number of halogens is 3. The normalized spacial score (nSPS) is 14.6. The molecular formula is C24H22BrCl2NO5S2. The van der Waals surface area contributed by atoms with Crippen molar-refractivity contribution in [1.82, 2.24) is 4.90 Å². The van der Waals surface area contributed by atoms with Crippen LogP contribution in [0.25, 0.3) is 6.08 Å². The number of rotatable bonds is 11. The number of unbranched alkanes of at least 4 members (excludes halogenated alkanes) is 2. The molecular weight excluding hydrogens is 597 g/mol. The van der Waals surface area contributed by atoms with Crippen LogP contribution in [-0.2, 0) is 16.2 Å². The van der Waals surface area contributed by atoms with Gasteiger partial charge in [-0.05, 0) is 64.7 Å². The zero-order valence-electron chi connectivity index (χ0n) is 18.7. The summed E-state index contributed by atoms with van der Waals surface area (Å²) < 4.78 is 12.6. The molecule has 1 aliphatic rings. The summed E-state index contributed by atoms with van der Waals surface area (Å²) in [4.78, 5) is 25.6. The number of carboxylic acid groups (broad SMARTS) is 1. The molecule has 0 aromatic heterocycles. The fourth-order valence-electron chi connectivity index (χ4n) is 3.32. The molecule has 11 heteroatoms. The molecule has 6 nitrogen and oxygen atoms in total. The predicted octanol–water partition coefficient (Wildman–Crippen LogP) is 7.19. The molecule has 0 radical (unpaired) electrons. The van der Waals surface area contributed by atoms with Gasteiger partial charge in [0, 0.05) is 28.6 Å². The summed E-state index contributed by atoms with van der Waals surface area (Å²) >= 11 is 22.4. The van der Waals surface area contributed by atoms with Crippen molar-refractivity contribution in [2.75, 3.05) is 13.7 Å². The molecule has 1 amide bonds. The first-order valence-corrected chi connectivity index (χ1v) is 13.4. The molecule has 0 unspecified atom stereocenters. The Morgan fingerprint density at radius 2 is 2.00 bits per heavy atom. The molecule has 1 aliphatic heterocycles. The topological polar surface area (TPSA) is 76.1 Å². The van der Waals surface area contributed by atoms with Gasteiger partial charge in [-0.25, -0.2) is 0 Å². The molecule has 186 valence electrons. The van der Waals surface area contributed by atoms with E-state index in [4.69, 9.17) is 50.0 Å². The minimum Gasteiger partial charge on any atom is -0.493 e. The second-order valence-electron chi connectivity index (χ2n) is 7.60. The standard InChI is InChI=1S/C24H22BrCl2NO5S2/c1-32-19-10-14(9-17(25)22(19)33-13-15-6-7-16(26)12-18(15)27)11-20-23(31)28(24(34)35-20)8-4-2-3-5-21(29)30/h6-7,9-12H,2-5,8,13H2,1H3,(H,29,30)/b20-11-. The number of methoxy groups -OCH3 is 1. The van der Waals surface area contributed by atoms with Crippen LogP contribution in [0.5, 0.6) is 11.5 Å². The molecule has 2 aromatic rings. The maximum Gasteiger partial charge on any atom is 0.303 e. The van der Waals surface area contributed by atoms with Crippen molar-refractivity contribution >= 4 is 85.4 Å². The Kier molecular flexibility index (Phi) is 10.3. The summed E-state index contributed by atoms with van der Waals surface area (Å²) in [7, 11) is 1.54. The highest BCUT2D eigenvalue weighted by Crippen LogP contribution is 2.40. The third-order valence-electron chi connectivity index (χ3n) is 5.08. The lowest BCUT2D eigenvalue weighted by atomic mass is 10.1. The number of aliphatic carboxylic acids is 1. The van der Waals surface area contributed by atoms with E-state index in [1.165, 1.54) is 18.9 Å². The molecule has 0 aliphatic carbocycles. The van der Waals surface area contributed by atoms with Crippen molar-refractivity contribution in [3.8, 4) is 11.5 Å². The number of thioether (sulfide) groups is 1. The fraction of sp³-hybridized carbons (Fsp3) is 0.292. The van der Waals surface area contributed by atoms with E-state index >= 15 is 0 Å². The predicted molar refractivity (Wildman–Crippen MR) is 147 cm³/mol. The van der Waals surface area contributed by atoms with E-state index in [-0.39, 0.29) is 18.9 Å². The number of hydrogen-bond donors (Lipinski definition) is 1. The molecule has 35 heavy (non-hydrogen) atoms. The number of carbonyl (C=O) groups excluding carboxylic acids is 1. The van der Waals surface area contributed by atoms with Crippen LogP contribution in [0.3, 0.4) is 0 Å². The Bertz CT molecular complexity index is 1170. The fourth-order valence-corrected chi connectivity index (χ4v) is 5.66. The summed E-state index contributed by atoms with van der Waals surface area (Å²) in [6.07, 6.45) is 3.87. The van der Waals surface area contributed by atoms with E-state index in [1.807, 2.05) is 6.07 Å². The number of amides is 1. The summed E-state index contributed by atoms with van der Waals surface area (Å²) in [6.45, 7) is 0.685. The monoisotopic (exact) mass is 617 g/mol. The van der Waals surface area contributed by atoms with Crippen molar-refractivity contribution in [2.45, 2.75) is 32.3 Å². The van der Waals surface area contributed by atoms with Crippen molar-refractivity contribution in [3.05, 3.63) is 60.9 Å². The SMILES string of the molecule is COc1cc(/C=C2\SC(=S)N(CCCCCC(=O)O)C2=O)cc(Br)c1OCc1ccc(Cl)cc1Cl. The number of carbonyl (C=O) groups is 2. The number of carboxylic acids is 1. The van der Waals surface area contributed by atoms with Gasteiger partial charge >= 0.3 is 5.97 Å². The number of thiocarbonyl (C=S) groups is 1. The van der Waals surface area contributed by atoms with Crippen molar-refractivity contribution in [3.63, 3.8) is 0 Å². The van der Waals surface area contributed by atoms with Crippen LogP contribution in [0.2, 0.25) is 10.0 Å². The Morgan fingerprint density at radius 1 is 1.23 bits per heavy atom. The van der Waals surface area contributed by atoms with Crippen LogP contribution in [0.1, 0.15) is 36.8 Å². The number of ether oxygens (including phenoxy) is 2. The molecule has 0 saturated carbocycles. The van der Waals surface area contributed by atoms with E-state index in [2.05, 4.69) is 15.9 Å². The zero-order valence-corrected chi connectivity index (χ0v) is 23.4. The first-order chi connectivity index (χ1) is 16.7. The van der Waals surface area contributed by atoms with Gasteiger partial charge in [-0.15, -0.1) is 0 Å². The van der Waals surface area contributed by atoms with E-state index in [9.17, 15) is 9.59 Å². The van der Waals surface area contributed by atoms with Gasteiger partial charge < -0.3 is 14.6 Å².